The van der Waals surface area contributed by atoms with Gasteiger partial charge in [-0.05, 0) is 42.0 Å². The van der Waals surface area contributed by atoms with Crippen molar-refractivity contribution in [1.29, 1.82) is 0 Å². The second-order valence-electron chi connectivity index (χ2n) is 7.69. The number of methoxy groups -OCH3 is 1. The van der Waals surface area contributed by atoms with Gasteiger partial charge in [-0.3, -0.25) is 9.69 Å². The van der Waals surface area contributed by atoms with Crippen molar-refractivity contribution < 1.29 is 9.15 Å². The van der Waals surface area contributed by atoms with Crippen LogP contribution in [0.3, 0.4) is 0 Å². The van der Waals surface area contributed by atoms with E-state index in [4.69, 9.17) is 9.15 Å². The van der Waals surface area contributed by atoms with Crippen LogP contribution in [0.15, 0.2) is 75.9 Å². The Labute approximate surface area is 187 Å². The molecule has 0 saturated carbocycles. The summed E-state index contributed by atoms with van der Waals surface area (Å²) >= 11 is 0. The molecule has 1 fully saturated rings. The van der Waals surface area contributed by atoms with E-state index >= 15 is 0 Å². The van der Waals surface area contributed by atoms with E-state index in [1.165, 1.54) is 0 Å². The maximum atomic E-state index is 12.9. The van der Waals surface area contributed by atoms with Crippen LogP contribution < -0.4 is 15.1 Å². The molecule has 0 amide bonds. The fraction of sp³-hybridized carbons (Fsp3) is 0.240. The van der Waals surface area contributed by atoms with Crippen molar-refractivity contribution in [3.63, 3.8) is 0 Å². The Balaban J connectivity index is 0.00000231. The van der Waals surface area contributed by atoms with Gasteiger partial charge in [-0.2, -0.15) is 0 Å². The molecular formula is C25H25ClN2O3. The summed E-state index contributed by atoms with van der Waals surface area (Å²) in [6, 6.07) is 21.6. The van der Waals surface area contributed by atoms with Crippen LogP contribution in [-0.2, 0) is 6.54 Å². The monoisotopic (exact) mass is 436 g/mol. The lowest BCUT2D eigenvalue weighted by atomic mass is 10.1. The first-order valence-electron chi connectivity index (χ1n) is 10.3. The van der Waals surface area contributed by atoms with Crippen LogP contribution >= 0.6 is 12.4 Å². The number of para-hydroxylation sites is 3. The lowest BCUT2D eigenvalue weighted by Crippen LogP contribution is -2.46. The summed E-state index contributed by atoms with van der Waals surface area (Å²) in [6.45, 7) is 4.63. The van der Waals surface area contributed by atoms with Crippen molar-refractivity contribution in [2.24, 2.45) is 0 Å². The van der Waals surface area contributed by atoms with Crippen LogP contribution in [-0.4, -0.2) is 38.2 Å². The molecule has 3 aromatic carbocycles. The molecular weight excluding hydrogens is 412 g/mol. The molecule has 0 spiro atoms. The Bertz CT molecular complexity index is 1260. The molecule has 1 aromatic heterocycles. The van der Waals surface area contributed by atoms with E-state index in [2.05, 4.69) is 28.0 Å². The smallest absolute Gasteiger partial charge is 0.200 e. The molecule has 0 radical (unpaired) electrons. The van der Waals surface area contributed by atoms with E-state index in [-0.39, 0.29) is 17.8 Å². The average Bonchev–Trinajstić information content (AvgIpc) is 2.80. The molecule has 1 saturated heterocycles. The SMILES string of the molecule is COc1ccccc1N1CCN(Cc2ccc3oc4ccccc4c(=O)c3c2)CC1.Cl. The first kappa shape index (κ1) is 21.2. The molecule has 4 aromatic rings. The fourth-order valence-corrected chi connectivity index (χ4v) is 4.24. The quantitative estimate of drug-likeness (QED) is 0.434. The van der Waals surface area contributed by atoms with E-state index in [1.54, 1.807) is 7.11 Å². The van der Waals surface area contributed by atoms with Gasteiger partial charge in [-0.25, -0.2) is 0 Å². The number of hydrogen-bond acceptors (Lipinski definition) is 5. The third-order valence-electron chi connectivity index (χ3n) is 5.84. The van der Waals surface area contributed by atoms with Crippen LogP contribution in [0.1, 0.15) is 5.56 Å². The highest BCUT2D eigenvalue weighted by Crippen LogP contribution is 2.28. The predicted molar refractivity (Wildman–Crippen MR) is 128 cm³/mol. The van der Waals surface area contributed by atoms with Crippen LogP contribution in [0.2, 0.25) is 0 Å². The first-order chi connectivity index (χ1) is 14.7. The zero-order valence-corrected chi connectivity index (χ0v) is 18.2. The van der Waals surface area contributed by atoms with Gasteiger partial charge in [0.1, 0.15) is 16.9 Å². The second-order valence-corrected chi connectivity index (χ2v) is 7.69. The molecule has 1 aliphatic heterocycles. The maximum absolute atomic E-state index is 12.9. The van der Waals surface area contributed by atoms with E-state index in [0.717, 1.165) is 49.7 Å². The third kappa shape index (κ3) is 4.11. The zero-order valence-electron chi connectivity index (χ0n) is 17.4. The lowest BCUT2D eigenvalue weighted by Gasteiger charge is -2.36. The van der Waals surface area contributed by atoms with E-state index < -0.39 is 0 Å². The predicted octanol–water partition coefficient (Wildman–Crippen LogP) is 4.70. The summed E-state index contributed by atoms with van der Waals surface area (Å²) < 4.78 is 11.4. The molecule has 0 unspecified atom stereocenters. The molecule has 0 atom stereocenters. The molecule has 5 nitrogen and oxygen atoms in total. The molecule has 0 bridgehead atoms. The van der Waals surface area contributed by atoms with Crippen molar-refractivity contribution in [1.82, 2.24) is 4.90 Å². The van der Waals surface area contributed by atoms with Gasteiger partial charge in [0, 0.05) is 32.7 Å². The van der Waals surface area contributed by atoms with Crippen molar-refractivity contribution in [3.05, 3.63) is 82.5 Å². The zero-order chi connectivity index (χ0) is 20.5. The van der Waals surface area contributed by atoms with Crippen molar-refractivity contribution in [3.8, 4) is 5.75 Å². The van der Waals surface area contributed by atoms with Crippen LogP contribution in [0, 0.1) is 0 Å². The first-order valence-corrected chi connectivity index (χ1v) is 10.3. The Morgan fingerprint density at radius 3 is 2.39 bits per heavy atom. The topological polar surface area (TPSA) is 45.9 Å². The summed E-state index contributed by atoms with van der Waals surface area (Å²) in [7, 11) is 1.72. The van der Waals surface area contributed by atoms with Gasteiger partial charge < -0.3 is 14.1 Å². The minimum Gasteiger partial charge on any atom is -0.495 e. The van der Waals surface area contributed by atoms with E-state index in [1.807, 2.05) is 48.5 Å². The van der Waals surface area contributed by atoms with Crippen molar-refractivity contribution in [2.45, 2.75) is 6.54 Å². The number of rotatable bonds is 4. The van der Waals surface area contributed by atoms with E-state index in [9.17, 15) is 4.79 Å². The highest BCUT2D eigenvalue weighted by atomic mass is 35.5. The largest absolute Gasteiger partial charge is 0.495 e. The van der Waals surface area contributed by atoms with Crippen molar-refractivity contribution in [2.75, 3.05) is 38.2 Å². The second kappa shape index (κ2) is 9.00. The number of fused-ring (bicyclic) bond motifs is 2. The highest BCUT2D eigenvalue weighted by Gasteiger charge is 2.20. The lowest BCUT2D eigenvalue weighted by molar-refractivity contribution is 0.249. The number of halogens is 1. The average molecular weight is 437 g/mol. The van der Waals surface area contributed by atoms with Crippen LogP contribution in [0.25, 0.3) is 21.9 Å². The van der Waals surface area contributed by atoms with Gasteiger partial charge in [-0.15, -0.1) is 12.4 Å². The number of benzene rings is 3. The Morgan fingerprint density at radius 1 is 0.871 bits per heavy atom. The standard InChI is InChI=1S/C25H24N2O3.ClH/c1-29-24-9-5-3-7-21(24)27-14-12-26(13-15-27)17-18-10-11-23-20(16-18)25(28)19-6-2-4-8-22(19)30-23;/h2-11,16H,12-15,17H2,1H3;1H. The number of piperazine rings is 1. The summed E-state index contributed by atoms with van der Waals surface area (Å²) in [5, 5.41) is 1.28. The molecule has 2 heterocycles. The van der Waals surface area contributed by atoms with Gasteiger partial charge in [0.2, 0.25) is 5.43 Å². The van der Waals surface area contributed by atoms with Crippen molar-refractivity contribution >= 4 is 40.0 Å². The molecule has 0 aliphatic carbocycles. The minimum atomic E-state index is 0. The number of nitrogens with zero attached hydrogens (tertiary/aromatic N) is 2. The molecule has 31 heavy (non-hydrogen) atoms. The van der Waals surface area contributed by atoms with Crippen LogP contribution in [0.4, 0.5) is 5.69 Å². The number of ether oxygens (including phenoxy) is 1. The highest BCUT2D eigenvalue weighted by molar-refractivity contribution is 5.89. The van der Waals surface area contributed by atoms with Gasteiger partial charge in [0.25, 0.3) is 0 Å². The third-order valence-corrected chi connectivity index (χ3v) is 5.84. The van der Waals surface area contributed by atoms with Crippen LogP contribution in [0.5, 0.6) is 5.75 Å². The fourth-order valence-electron chi connectivity index (χ4n) is 4.24. The summed E-state index contributed by atoms with van der Waals surface area (Å²) in [6.07, 6.45) is 0. The van der Waals surface area contributed by atoms with Gasteiger partial charge in [0.05, 0.1) is 23.6 Å². The Kier molecular flexibility index (Phi) is 6.16. The Morgan fingerprint density at radius 2 is 1.58 bits per heavy atom. The molecule has 1 aliphatic rings. The maximum Gasteiger partial charge on any atom is 0.200 e. The molecule has 5 rings (SSSR count). The number of hydrogen-bond donors (Lipinski definition) is 0. The molecule has 160 valence electrons. The normalized spacial score (nSPS) is 14.5. The summed E-state index contributed by atoms with van der Waals surface area (Å²) in [5.41, 5.74) is 3.60. The minimum absolute atomic E-state index is 0. The Hall–Kier alpha value is -3.02. The van der Waals surface area contributed by atoms with Gasteiger partial charge in [0.15, 0.2) is 0 Å². The number of anilines is 1. The summed E-state index contributed by atoms with van der Waals surface area (Å²) in [4.78, 5) is 17.7. The van der Waals surface area contributed by atoms with E-state index in [0.29, 0.717) is 21.9 Å². The molecule has 6 heteroatoms. The molecule has 0 N–H and O–H groups in total. The summed E-state index contributed by atoms with van der Waals surface area (Å²) in [5.74, 6) is 0.916. The van der Waals surface area contributed by atoms with Gasteiger partial charge in [-0.1, -0.05) is 30.3 Å². The van der Waals surface area contributed by atoms with Gasteiger partial charge >= 0.3 is 0 Å².